The number of carboxylic acid groups (broad SMARTS) is 1. The molecule has 0 bridgehead atoms. The molecule has 1 atom stereocenters. The van der Waals surface area contributed by atoms with Gasteiger partial charge >= 0.3 is 5.97 Å². The summed E-state index contributed by atoms with van der Waals surface area (Å²) in [5.74, 6) is -0.849. The van der Waals surface area contributed by atoms with Gasteiger partial charge in [-0.2, -0.15) is 0 Å². The van der Waals surface area contributed by atoms with E-state index in [4.69, 9.17) is 5.11 Å². The average molecular weight is 243 g/mol. The number of rotatable bonds is 6. The van der Waals surface area contributed by atoms with E-state index in [0.29, 0.717) is 11.7 Å². The van der Waals surface area contributed by atoms with Gasteiger partial charge in [0.25, 0.3) is 0 Å². The van der Waals surface area contributed by atoms with Crippen molar-refractivity contribution in [2.45, 2.75) is 19.4 Å². The molecule has 0 saturated heterocycles. The molecule has 2 N–H and O–H groups in total. The molecule has 5 nitrogen and oxygen atoms in total. The lowest BCUT2D eigenvalue weighted by Gasteiger charge is -2.17. The van der Waals surface area contributed by atoms with E-state index in [0.717, 1.165) is 11.7 Å². The van der Waals surface area contributed by atoms with Crippen molar-refractivity contribution in [2.75, 3.05) is 26.0 Å². The lowest BCUT2D eigenvalue weighted by Crippen LogP contribution is -2.29. The Morgan fingerprint density at radius 1 is 1.69 bits per heavy atom. The molecule has 1 rings (SSSR count). The van der Waals surface area contributed by atoms with Gasteiger partial charge < -0.3 is 15.3 Å². The molecule has 0 amide bonds. The van der Waals surface area contributed by atoms with Crippen LogP contribution in [0.3, 0.4) is 0 Å². The first kappa shape index (κ1) is 12.9. The van der Waals surface area contributed by atoms with Crippen molar-refractivity contribution in [1.82, 2.24) is 9.88 Å². The first-order valence-corrected chi connectivity index (χ1v) is 5.93. The van der Waals surface area contributed by atoms with Crippen LogP contribution >= 0.6 is 11.3 Å². The van der Waals surface area contributed by atoms with Crippen LogP contribution in [0.15, 0.2) is 5.38 Å². The van der Waals surface area contributed by atoms with E-state index in [1.165, 1.54) is 11.3 Å². The molecule has 0 saturated carbocycles. The summed E-state index contributed by atoms with van der Waals surface area (Å²) in [6.45, 7) is 2.98. The minimum Gasteiger partial charge on any atom is -0.481 e. The molecule has 1 heterocycles. The summed E-state index contributed by atoms with van der Waals surface area (Å²) in [7, 11) is 4.02. The SMILES string of the molecule is CC(CN(C)C)Nc1nc(CC(=O)O)cs1. The predicted molar refractivity (Wildman–Crippen MR) is 65.1 cm³/mol. The van der Waals surface area contributed by atoms with E-state index in [-0.39, 0.29) is 6.42 Å². The Morgan fingerprint density at radius 3 is 2.94 bits per heavy atom. The number of aliphatic carboxylic acids is 1. The summed E-state index contributed by atoms with van der Waals surface area (Å²) in [6, 6.07) is 0.291. The highest BCUT2D eigenvalue weighted by molar-refractivity contribution is 7.13. The molecule has 0 radical (unpaired) electrons. The Morgan fingerprint density at radius 2 is 2.38 bits per heavy atom. The molecule has 0 aliphatic heterocycles. The topological polar surface area (TPSA) is 65.5 Å². The Hall–Kier alpha value is -1.14. The van der Waals surface area contributed by atoms with Crippen LogP contribution < -0.4 is 5.32 Å². The van der Waals surface area contributed by atoms with E-state index >= 15 is 0 Å². The smallest absolute Gasteiger partial charge is 0.309 e. The minimum absolute atomic E-state index is 0.0136. The van der Waals surface area contributed by atoms with Crippen LogP contribution in [0.4, 0.5) is 5.13 Å². The number of carbonyl (C=O) groups is 1. The van der Waals surface area contributed by atoms with Gasteiger partial charge in [-0.15, -0.1) is 11.3 Å². The standard InChI is InChI=1S/C10H17N3O2S/c1-7(5-13(2)3)11-10-12-8(6-16-10)4-9(14)15/h6-7H,4-5H2,1-3H3,(H,11,12)(H,14,15). The highest BCUT2D eigenvalue weighted by Gasteiger charge is 2.08. The second-order valence-corrected chi connectivity index (χ2v) is 4.88. The Balaban J connectivity index is 2.48. The third kappa shape index (κ3) is 4.59. The van der Waals surface area contributed by atoms with Crippen LogP contribution in [0.25, 0.3) is 0 Å². The summed E-state index contributed by atoms with van der Waals surface area (Å²) in [5, 5.41) is 14.4. The van der Waals surface area contributed by atoms with Crippen molar-refractivity contribution in [3.63, 3.8) is 0 Å². The van der Waals surface area contributed by atoms with Gasteiger partial charge in [0.05, 0.1) is 12.1 Å². The van der Waals surface area contributed by atoms with Crippen molar-refractivity contribution < 1.29 is 9.90 Å². The number of hydrogen-bond donors (Lipinski definition) is 2. The lowest BCUT2D eigenvalue weighted by molar-refractivity contribution is -0.136. The van der Waals surface area contributed by atoms with Crippen LogP contribution in [0, 0.1) is 0 Å². The summed E-state index contributed by atoms with van der Waals surface area (Å²) >= 11 is 1.44. The van der Waals surface area contributed by atoms with Crippen molar-refractivity contribution in [3.8, 4) is 0 Å². The number of nitrogens with one attached hydrogen (secondary N) is 1. The van der Waals surface area contributed by atoms with E-state index in [2.05, 4.69) is 22.1 Å². The Kier molecular flexibility index (Phi) is 4.70. The molecule has 0 aliphatic carbocycles. The summed E-state index contributed by atoms with van der Waals surface area (Å²) in [5.41, 5.74) is 0.608. The van der Waals surface area contributed by atoms with Crippen LogP contribution in [-0.2, 0) is 11.2 Å². The molecule has 1 unspecified atom stereocenters. The number of nitrogens with zero attached hydrogens (tertiary/aromatic N) is 2. The van der Waals surface area contributed by atoms with Gasteiger partial charge in [-0.3, -0.25) is 4.79 Å². The Bertz CT molecular complexity index is 352. The third-order valence-corrected chi connectivity index (χ3v) is 2.72. The second-order valence-electron chi connectivity index (χ2n) is 4.02. The van der Waals surface area contributed by atoms with E-state index < -0.39 is 5.97 Å². The summed E-state index contributed by atoms with van der Waals surface area (Å²) in [4.78, 5) is 16.8. The molecule has 1 aromatic heterocycles. The van der Waals surface area contributed by atoms with Gasteiger partial charge in [-0.05, 0) is 21.0 Å². The molecular weight excluding hydrogens is 226 g/mol. The first-order valence-electron chi connectivity index (χ1n) is 5.05. The third-order valence-electron chi connectivity index (χ3n) is 1.89. The zero-order valence-electron chi connectivity index (χ0n) is 9.73. The first-order chi connectivity index (χ1) is 7.47. The van der Waals surface area contributed by atoms with E-state index in [1.54, 1.807) is 5.38 Å². The molecule has 90 valence electrons. The molecule has 6 heteroatoms. The van der Waals surface area contributed by atoms with Crippen LogP contribution in [0.2, 0.25) is 0 Å². The van der Waals surface area contributed by atoms with Crippen molar-refractivity contribution >= 4 is 22.4 Å². The number of thiazole rings is 1. The molecule has 0 aliphatic rings. The van der Waals surface area contributed by atoms with E-state index in [1.807, 2.05) is 14.1 Å². The van der Waals surface area contributed by atoms with Crippen molar-refractivity contribution in [2.24, 2.45) is 0 Å². The quantitative estimate of drug-likeness (QED) is 0.784. The highest BCUT2D eigenvalue weighted by atomic mass is 32.1. The fourth-order valence-corrected chi connectivity index (χ4v) is 2.24. The maximum Gasteiger partial charge on any atom is 0.309 e. The van der Waals surface area contributed by atoms with Crippen LogP contribution in [0.5, 0.6) is 0 Å². The van der Waals surface area contributed by atoms with Crippen LogP contribution in [-0.4, -0.2) is 47.6 Å². The number of hydrogen-bond acceptors (Lipinski definition) is 5. The normalized spacial score (nSPS) is 12.8. The number of aromatic nitrogens is 1. The fourth-order valence-electron chi connectivity index (χ4n) is 1.41. The predicted octanol–water partition coefficient (Wildman–Crippen LogP) is 1.13. The largest absolute Gasteiger partial charge is 0.481 e. The van der Waals surface area contributed by atoms with Gasteiger partial charge in [0.2, 0.25) is 0 Å². The average Bonchev–Trinajstić information content (AvgIpc) is 2.49. The molecule has 0 aromatic carbocycles. The van der Waals surface area contributed by atoms with Crippen molar-refractivity contribution in [3.05, 3.63) is 11.1 Å². The monoisotopic (exact) mass is 243 g/mol. The second kappa shape index (κ2) is 5.81. The van der Waals surface area contributed by atoms with Gasteiger partial charge in [0.1, 0.15) is 0 Å². The van der Waals surface area contributed by atoms with Gasteiger partial charge in [-0.1, -0.05) is 0 Å². The van der Waals surface area contributed by atoms with Gasteiger partial charge in [0.15, 0.2) is 5.13 Å². The maximum atomic E-state index is 10.5. The van der Waals surface area contributed by atoms with Gasteiger partial charge in [0, 0.05) is 18.0 Å². The summed E-state index contributed by atoms with van der Waals surface area (Å²) in [6.07, 6.45) is -0.0136. The van der Waals surface area contributed by atoms with Crippen molar-refractivity contribution in [1.29, 1.82) is 0 Å². The molecule has 0 spiro atoms. The maximum absolute atomic E-state index is 10.5. The van der Waals surface area contributed by atoms with Crippen LogP contribution in [0.1, 0.15) is 12.6 Å². The van der Waals surface area contributed by atoms with Gasteiger partial charge in [-0.25, -0.2) is 4.98 Å². The highest BCUT2D eigenvalue weighted by Crippen LogP contribution is 2.16. The van der Waals surface area contributed by atoms with E-state index in [9.17, 15) is 4.79 Å². The molecule has 1 aromatic rings. The number of likely N-dealkylation sites (N-methyl/N-ethyl adjacent to an activating group) is 1. The lowest BCUT2D eigenvalue weighted by atomic mass is 10.3. The minimum atomic E-state index is -0.849. The zero-order chi connectivity index (χ0) is 12.1. The number of anilines is 1. The fraction of sp³-hybridized carbons (Fsp3) is 0.600. The number of carboxylic acids is 1. The molecule has 0 fully saturated rings. The molecular formula is C10H17N3O2S. The molecule has 16 heavy (non-hydrogen) atoms. The zero-order valence-corrected chi connectivity index (χ0v) is 10.5. The summed E-state index contributed by atoms with van der Waals surface area (Å²) < 4.78 is 0. The Labute approximate surface area is 99.1 Å².